The van der Waals surface area contributed by atoms with E-state index in [0.717, 1.165) is 6.42 Å². The molecular weight excluding hydrogens is 108 g/mol. The molecule has 0 aromatic heterocycles. The van der Waals surface area contributed by atoms with Crippen molar-refractivity contribution in [1.82, 2.24) is 0 Å². The average molecular weight is 124 g/mol. The van der Waals surface area contributed by atoms with Crippen LogP contribution in [0.4, 0.5) is 0 Å². The third kappa shape index (κ3) is 4.01. The molecule has 0 N–H and O–H groups in total. The van der Waals surface area contributed by atoms with Gasteiger partial charge in [0.25, 0.3) is 0 Å². The van der Waals surface area contributed by atoms with Gasteiger partial charge in [0, 0.05) is 0 Å². The van der Waals surface area contributed by atoms with E-state index in [4.69, 9.17) is 0 Å². The maximum absolute atomic E-state index is 2.22. The van der Waals surface area contributed by atoms with Gasteiger partial charge in [-0.1, -0.05) is 30.2 Å². The van der Waals surface area contributed by atoms with Gasteiger partial charge in [-0.25, -0.2) is 0 Å². The predicted molar refractivity (Wildman–Crippen MR) is 43.5 cm³/mol. The van der Waals surface area contributed by atoms with Crippen LogP contribution in [0.1, 0.15) is 34.1 Å². The molecule has 0 aliphatic carbocycles. The van der Waals surface area contributed by atoms with Gasteiger partial charge in [0.05, 0.1) is 0 Å². The predicted octanol–water partition coefficient (Wildman–Crippen LogP) is 3.31. The minimum absolute atomic E-state index is 1.14. The molecule has 0 atom stereocenters. The SMILES string of the molecule is CC=C(C=C(C)C)CC. The Kier molecular flexibility index (Phi) is 4.12. The highest BCUT2D eigenvalue weighted by Crippen LogP contribution is 2.04. The molecule has 9 heavy (non-hydrogen) atoms. The Bertz CT molecular complexity index is 123. The van der Waals surface area contributed by atoms with Crippen molar-refractivity contribution in [1.29, 1.82) is 0 Å². The highest BCUT2D eigenvalue weighted by molar-refractivity contribution is 5.20. The molecule has 0 radical (unpaired) electrons. The molecule has 0 aromatic carbocycles. The summed E-state index contributed by atoms with van der Waals surface area (Å²) in [6.45, 7) is 8.51. The Morgan fingerprint density at radius 1 is 1.33 bits per heavy atom. The lowest BCUT2D eigenvalue weighted by Crippen LogP contribution is -1.73. The summed E-state index contributed by atoms with van der Waals surface area (Å²) in [4.78, 5) is 0. The molecule has 0 unspecified atom stereocenters. The van der Waals surface area contributed by atoms with E-state index in [1.54, 1.807) is 0 Å². The van der Waals surface area contributed by atoms with Crippen molar-refractivity contribution in [3.63, 3.8) is 0 Å². The zero-order chi connectivity index (χ0) is 7.28. The van der Waals surface area contributed by atoms with Gasteiger partial charge in [0.2, 0.25) is 0 Å². The zero-order valence-corrected chi connectivity index (χ0v) is 6.86. The largest absolute Gasteiger partial charge is 0.0845 e. The van der Waals surface area contributed by atoms with Gasteiger partial charge in [0.15, 0.2) is 0 Å². The lowest BCUT2D eigenvalue weighted by Gasteiger charge is -1.94. The van der Waals surface area contributed by atoms with E-state index in [1.807, 2.05) is 0 Å². The monoisotopic (exact) mass is 124 g/mol. The Labute approximate surface area is 58.3 Å². The molecule has 0 heterocycles. The van der Waals surface area contributed by atoms with Crippen LogP contribution in [0.3, 0.4) is 0 Å². The minimum atomic E-state index is 1.14. The van der Waals surface area contributed by atoms with E-state index >= 15 is 0 Å². The Morgan fingerprint density at radius 3 is 2.00 bits per heavy atom. The van der Waals surface area contributed by atoms with Crippen molar-refractivity contribution >= 4 is 0 Å². The maximum Gasteiger partial charge on any atom is -0.0311 e. The molecule has 0 saturated carbocycles. The summed E-state index contributed by atoms with van der Waals surface area (Å²) >= 11 is 0. The molecule has 0 amide bonds. The molecule has 0 nitrogen and oxygen atoms in total. The molecule has 0 heteroatoms. The second-order valence-corrected chi connectivity index (χ2v) is 2.44. The van der Waals surface area contributed by atoms with Gasteiger partial charge in [-0.05, 0) is 27.2 Å². The third-order valence-electron chi connectivity index (χ3n) is 1.25. The number of hydrogen-bond donors (Lipinski definition) is 0. The van der Waals surface area contributed by atoms with Crippen molar-refractivity contribution in [3.05, 3.63) is 23.3 Å². The molecule has 0 fully saturated rings. The van der Waals surface area contributed by atoms with Crippen LogP contribution in [0, 0.1) is 0 Å². The van der Waals surface area contributed by atoms with E-state index in [1.165, 1.54) is 11.1 Å². The van der Waals surface area contributed by atoms with Crippen LogP contribution in [0.25, 0.3) is 0 Å². The fourth-order valence-corrected chi connectivity index (χ4v) is 0.760. The van der Waals surface area contributed by atoms with E-state index < -0.39 is 0 Å². The highest BCUT2D eigenvalue weighted by Gasteiger charge is 1.84. The topological polar surface area (TPSA) is 0 Å². The Hall–Kier alpha value is -0.520. The molecule has 0 saturated heterocycles. The van der Waals surface area contributed by atoms with Crippen molar-refractivity contribution in [2.75, 3.05) is 0 Å². The fraction of sp³-hybridized carbons (Fsp3) is 0.556. The van der Waals surface area contributed by atoms with Gasteiger partial charge >= 0.3 is 0 Å². The van der Waals surface area contributed by atoms with Crippen LogP contribution in [-0.4, -0.2) is 0 Å². The smallest absolute Gasteiger partial charge is 0.0311 e. The van der Waals surface area contributed by atoms with Gasteiger partial charge in [0.1, 0.15) is 0 Å². The average Bonchev–Trinajstić information content (AvgIpc) is 1.82. The van der Waals surface area contributed by atoms with Crippen molar-refractivity contribution in [2.24, 2.45) is 0 Å². The summed E-state index contributed by atoms with van der Waals surface area (Å²) in [5.74, 6) is 0. The van der Waals surface area contributed by atoms with Gasteiger partial charge in [-0.15, -0.1) is 0 Å². The maximum atomic E-state index is 2.22. The quantitative estimate of drug-likeness (QED) is 0.495. The molecule has 0 aliphatic heterocycles. The van der Waals surface area contributed by atoms with Crippen LogP contribution in [-0.2, 0) is 0 Å². The first-order chi connectivity index (χ1) is 4.20. The standard InChI is InChI=1S/C9H16/c1-5-9(6-2)7-8(3)4/h5,7H,6H2,1-4H3. The van der Waals surface area contributed by atoms with Gasteiger partial charge < -0.3 is 0 Å². The van der Waals surface area contributed by atoms with Crippen molar-refractivity contribution < 1.29 is 0 Å². The van der Waals surface area contributed by atoms with E-state index in [-0.39, 0.29) is 0 Å². The normalized spacial score (nSPS) is 11.3. The second kappa shape index (κ2) is 4.37. The lowest BCUT2D eigenvalue weighted by molar-refractivity contribution is 1.13. The first kappa shape index (κ1) is 8.48. The minimum Gasteiger partial charge on any atom is -0.0845 e. The number of rotatable bonds is 2. The Balaban J connectivity index is 4.01. The second-order valence-electron chi connectivity index (χ2n) is 2.44. The number of allylic oxidation sites excluding steroid dienone is 4. The molecule has 0 aliphatic rings. The van der Waals surface area contributed by atoms with Crippen LogP contribution in [0.2, 0.25) is 0 Å². The molecular formula is C9H16. The number of hydrogen-bond acceptors (Lipinski definition) is 0. The van der Waals surface area contributed by atoms with Gasteiger partial charge in [-0.3, -0.25) is 0 Å². The van der Waals surface area contributed by atoms with E-state index in [0.29, 0.717) is 0 Å². The highest BCUT2D eigenvalue weighted by atomic mass is 13.9. The summed E-state index contributed by atoms with van der Waals surface area (Å²) in [6.07, 6.45) is 5.52. The first-order valence-electron chi connectivity index (χ1n) is 3.50. The molecule has 0 bridgehead atoms. The summed E-state index contributed by atoms with van der Waals surface area (Å²) < 4.78 is 0. The van der Waals surface area contributed by atoms with E-state index in [2.05, 4.69) is 39.8 Å². The lowest BCUT2D eigenvalue weighted by atomic mass is 10.1. The molecule has 0 aromatic rings. The van der Waals surface area contributed by atoms with Gasteiger partial charge in [-0.2, -0.15) is 0 Å². The molecule has 52 valence electrons. The molecule has 0 spiro atoms. The summed E-state index contributed by atoms with van der Waals surface area (Å²) in [5, 5.41) is 0. The Morgan fingerprint density at radius 2 is 1.89 bits per heavy atom. The summed E-state index contributed by atoms with van der Waals surface area (Å²) in [6, 6.07) is 0. The first-order valence-corrected chi connectivity index (χ1v) is 3.50. The van der Waals surface area contributed by atoms with Crippen LogP contribution in [0.5, 0.6) is 0 Å². The summed E-state index contributed by atoms with van der Waals surface area (Å²) in [5.41, 5.74) is 2.81. The van der Waals surface area contributed by atoms with Crippen molar-refractivity contribution in [3.8, 4) is 0 Å². The fourth-order valence-electron chi connectivity index (χ4n) is 0.760. The van der Waals surface area contributed by atoms with Crippen LogP contribution in [0.15, 0.2) is 23.3 Å². The van der Waals surface area contributed by atoms with E-state index in [9.17, 15) is 0 Å². The summed E-state index contributed by atoms with van der Waals surface area (Å²) in [7, 11) is 0. The van der Waals surface area contributed by atoms with Crippen molar-refractivity contribution in [2.45, 2.75) is 34.1 Å². The zero-order valence-electron chi connectivity index (χ0n) is 6.86. The molecule has 0 rings (SSSR count). The van der Waals surface area contributed by atoms with Crippen LogP contribution < -0.4 is 0 Å². The van der Waals surface area contributed by atoms with Crippen LogP contribution >= 0.6 is 0 Å². The third-order valence-corrected chi connectivity index (χ3v) is 1.25.